The molecule has 1 heterocycles. The minimum atomic E-state index is -0.732. The number of hydrogen-bond acceptors (Lipinski definition) is 4. The summed E-state index contributed by atoms with van der Waals surface area (Å²) in [5.41, 5.74) is 0.0618. The highest BCUT2D eigenvalue weighted by Crippen LogP contribution is 2.33. The van der Waals surface area contributed by atoms with Crippen LogP contribution in [0, 0.1) is 0 Å². The lowest BCUT2D eigenvalue weighted by molar-refractivity contribution is -0.145. The summed E-state index contributed by atoms with van der Waals surface area (Å²) < 4.78 is 5.16. The van der Waals surface area contributed by atoms with E-state index in [1.54, 1.807) is 26.1 Å². The SMILES string of the molecule is CC(=O)C1=C(/C=C/N(C)C)C(C)(C)OC1=O. The van der Waals surface area contributed by atoms with Gasteiger partial charge in [0.15, 0.2) is 5.78 Å². The molecule has 0 saturated carbocycles. The van der Waals surface area contributed by atoms with E-state index in [-0.39, 0.29) is 11.4 Å². The summed E-state index contributed by atoms with van der Waals surface area (Å²) in [5.74, 6) is -0.787. The van der Waals surface area contributed by atoms with Gasteiger partial charge in [0.05, 0.1) is 0 Å². The van der Waals surface area contributed by atoms with Crippen LogP contribution in [0.3, 0.4) is 0 Å². The fourth-order valence-electron chi connectivity index (χ4n) is 1.59. The van der Waals surface area contributed by atoms with Crippen molar-refractivity contribution in [2.45, 2.75) is 26.4 Å². The number of rotatable bonds is 3. The van der Waals surface area contributed by atoms with Gasteiger partial charge in [-0.15, -0.1) is 0 Å². The molecule has 0 aromatic carbocycles. The second-order valence-corrected chi connectivity index (χ2v) is 4.52. The first kappa shape index (κ1) is 12.5. The fraction of sp³-hybridized carbons (Fsp3) is 0.500. The molecule has 0 unspecified atom stereocenters. The lowest BCUT2D eigenvalue weighted by Crippen LogP contribution is -2.22. The summed E-state index contributed by atoms with van der Waals surface area (Å²) in [4.78, 5) is 24.8. The predicted molar refractivity (Wildman–Crippen MR) is 60.7 cm³/mol. The molecule has 16 heavy (non-hydrogen) atoms. The maximum absolute atomic E-state index is 11.5. The Hall–Kier alpha value is -1.58. The van der Waals surface area contributed by atoms with Crippen LogP contribution in [0.5, 0.6) is 0 Å². The highest BCUT2D eigenvalue weighted by molar-refractivity contribution is 6.19. The second kappa shape index (κ2) is 4.12. The van der Waals surface area contributed by atoms with Crippen molar-refractivity contribution in [3.8, 4) is 0 Å². The minimum absolute atomic E-state index is 0.156. The van der Waals surface area contributed by atoms with Gasteiger partial charge in [0.25, 0.3) is 0 Å². The summed E-state index contributed by atoms with van der Waals surface area (Å²) >= 11 is 0. The molecule has 0 bridgehead atoms. The van der Waals surface area contributed by atoms with E-state index in [9.17, 15) is 9.59 Å². The standard InChI is InChI=1S/C12H17NO3/c1-8(14)10-9(6-7-13(4)5)12(2,3)16-11(10)15/h6-7H,1-5H3/b7-6+. The third kappa shape index (κ3) is 2.32. The second-order valence-electron chi connectivity index (χ2n) is 4.52. The van der Waals surface area contributed by atoms with Crippen LogP contribution < -0.4 is 0 Å². The number of carbonyl (C=O) groups is 2. The zero-order chi connectivity index (χ0) is 12.5. The van der Waals surface area contributed by atoms with Crippen LogP contribution in [-0.4, -0.2) is 36.3 Å². The number of carbonyl (C=O) groups excluding carboxylic acids is 2. The van der Waals surface area contributed by atoms with Crippen LogP contribution >= 0.6 is 0 Å². The van der Waals surface area contributed by atoms with Gasteiger partial charge >= 0.3 is 5.97 Å². The molecule has 0 amide bonds. The Kier molecular flexibility index (Phi) is 3.21. The van der Waals surface area contributed by atoms with Crippen molar-refractivity contribution in [3.63, 3.8) is 0 Å². The van der Waals surface area contributed by atoms with Gasteiger partial charge in [-0.05, 0) is 33.0 Å². The number of cyclic esters (lactones) is 1. The number of ether oxygens (including phenoxy) is 1. The van der Waals surface area contributed by atoms with Gasteiger partial charge in [-0.1, -0.05) is 0 Å². The maximum Gasteiger partial charge on any atom is 0.343 e. The molecule has 0 spiro atoms. The van der Waals surface area contributed by atoms with Crippen molar-refractivity contribution in [3.05, 3.63) is 23.4 Å². The largest absolute Gasteiger partial charge is 0.451 e. The Balaban J connectivity index is 3.23. The van der Waals surface area contributed by atoms with Crippen molar-refractivity contribution in [2.75, 3.05) is 14.1 Å². The van der Waals surface area contributed by atoms with E-state index in [1.165, 1.54) is 6.92 Å². The molecule has 0 aliphatic carbocycles. The number of hydrogen-bond donors (Lipinski definition) is 0. The average Bonchev–Trinajstić information content (AvgIpc) is 2.31. The van der Waals surface area contributed by atoms with Gasteiger partial charge in [0.1, 0.15) is 11.2 Å². The van der Waals surface area contributed by atoms with Crippen molar-refractivity contribution < 1.29 is 14.3 Å². The summed E-state index contributed by atoms with van der Waals surface area (Å²) in [5, 5.41) is 0. The maximum atomic E-state index is 11.5. The average molecular weight is 223 g/mol. The first-order chi connectivity index (χ1) is 7.25. The first-order valence-corrected chi connectivity index (χ1v) is 5.09. The zero-order valence-electron chi connectivity index (χ0n) is 10.3. The zero-order valence-corrected chi connectivity index (χ0v) is 10.3. The van der Waals surface area contributed by atoms with E-state index in [2.05, 4.69) is 0 Å². The topological polar surface area (TPSA) is 46.6 Å². The number of Topliss-reactive ketones (excluding diaryl/α,β-unsaturated/α-hetero) is 1. The third-order valence-corrected chi connectivity index (χ3v) is 2.36. The molecule has 0 atom stereocenters. The van der Waals surface area contributed by atoms with Crippen LogP contribution in [0.4, 0.5) is 0 Å². The Morgan fingerprint density at radius 1 is 1.38 bits per heavy atom. The first-order valence-electron chi connectivity index (χ1n) is 5.09. The monoisotopic (exact) mass is 223 g/mol. The lowest BCUT2D eigenvalue weighted by Gasteiger charge is -2.19. The smallest absolute Gasteiger partial charge is 0.343 e. The lowest BCUT2D eigenvalue weighted by atomic mass is 9.94. The number of esters is 1. The summed E-state index contributed by atoms with van der Waals surface area (Å²) in [6.07, 6.45) is 3.55. The predicted octanol–water partition coefficient (Wildman–Crippen LogP) is 1.28. The van der Waals surface area contributed by atoms with Gasteiger partial charge in [0, 0.05) is 19.7 Å². The van der Waals surface area contributed by atoms with E-state index < -0.39 is 11.6 Å². The van der Waals surface area contributed by atoms with Gasteiger partial charge in [-0.25, -0.2) is 4.79 Å². The molecule has 0 aromatic rings. The molecule has 0 radical (unpaired) electrons. The molecule has 0 aromatic heterocycles. The van der Waals surface area contributed by atoms with Crippen LogP contribution in [0.2, 0.25) is 0 Å². The fourth-order valence-corrected chi connectivity index (χ4v) is 1.59. The van der Waals surface area contributed by atoms with Gasteiger partial charge < -0.3 is 9.64 Å². The van der Waals surface area contributed by atoms with Crippen molar-refractivity contribution >= 4 is 11.8 Å². The molecule has 0 N–H and O–H groups in total. The Morgan fingerprint density at radius 3 is 2.38 bits per heavy atom. The molecule has 1 aliphatic heterocycles. The van der Waals surface area contributed by atoms with E-state index in [1.807, 2.05) is 19.0 Å². The normalized spacial score (nSPS) is 19.2. The van der Waals surface area contributed by atoms with Crippen molar-refractivity contribution in [1.82, 2.24) is 4.90 Å². The minimum Gasteiger partial charge on any atom is -0.451 e. The Morgan fingerprint density at radius 2 is 1.94 bits per heavy atom. The van der Waals surface area contributed by atoms with E-state index in [4.69, 9.17) is 4.74 Å². The van der Waals surface area contributed by atoms with Crippen LogP contribution in [-0.2, 0) is 14.3 Å². The summed E-state index contributed by atoms with van der Waals surface area (Å²) in [7, 11) is 3.74. The summed E-state index contributed by atoms with van der Waals surface area (Å²) in [6, 6.07) is 0. The van der Waals surface area contributed by atoms with Crippen molar-refractivity contribution in [2.24, 2.45) is 0 Å². The molecular weight excluding hydrogens is 206 g/mol. The molecule has 4 heteroatoms. The van der Waals surface area contributed by atoms with E-state index in [0.717, 1.165) is 0 Å². The summed E-state index contributed by atoms with van der Waals surface area (Å²) in [6.45, 7) is 4.92. The number of nitrogens with zero attached hydrogens (tertiary/aromatic N) is 1. The molecule has 1 aliphatic rings. The van der Waals surface area contributed by atoms with Crippen LogP contribution in [0.25, 0.3) is 0 Å². The Labute approximate surface area is 95.6 Å². The molecule has 88 valence electrons. The van der Waals surface area contributed by atoms with Gasteiger partial charge in [-0.3, -0.25) is 4.79 Å². The highest BCUT2D eigenvalue weighted by atomic mass is 16.6. The van der Waals surface area contributed by atoms with Gasteiger partial charge in [0.2, 0.25) is 0 Å². The quantitative estimate of drug-likeness (QED) is 0.534. The number of ketones is 1. The molecule has 1 rings (SSSR count). The molecule has 0 saturated heterocycles. The van der Waals surface area contributed by atoms with Gasteiger partial charge in [-0.2, -0.15) is 0 Å². The van der Waals surface area contributed by atoms with Crippen LogP contribution in [0.15, 0.2) is 23.4 Å². The molecule has 4 nitrogen and oxygen atoms in total. The molecular formula is C12H17NO3. The molecule has 0 fully saturated rings. The van der Waals surface area contributed by atoms with E-state index in [0.29, 0.717) is 5.57 Å². The highest BCUT2D eigenvalue weighted by Gasteiger charge is 2.40. The third-order valence-electron chi connectivity index (χ3n) is 2.36. The van der Waals surface area contributed by atoms with E-state index >= 15 is 0 Å². The van der Waals surface area contributed by atoms with Crippen LogP contribution in [0.1, 0.15) is 20.8 Å². The Bertz CT molecular complexity index is 389. The van der Waals surface area contributed by atoms with Crippen molar-refractivity contribution in [1.29, 1.82) is 0 Å².